The van der Waals surface area contributed by atoms with Crippen molar-refractivity contribution >= 4 is 23.4 Å². The number of likely N-dealkylation sites (tertiary alicyclic amines) is 1. The van der Waals surface area contributed by atoms with E-state index in [9.17, 15) is 14.4 Å². The van der Waals surface area contributed by atoms with E-state index in [1.165, 1.54) is 4.90 Å². The van der Waals surface area contributed by atoms with Crippen molar-refractivity contribution in [2.75, 3.05) is 5.32 Å². The van der Waals surface area contributed by atoms with Gasteiger partial charge in [-0.05, 0) is 46.7 Å². The zero-order valence-corrected chi connectivity index (χ0v) is 19.8. The van der Waals surface area contributed by atoms with Crippen LogP contribution in [0.25, 0.3) is 0 Å². The topological polar surface area (TPSA) is 66.5 Å². The molecule has 3 aromatic carbocycles. The van der Waals surface area contributed by atoms with Gasteiger partial charge in [0.2, 0.25) is 17.7 Å². The summed E-state index contributed by atoms with van der Waals surface area (Å²) in [5.74, 6) is -1.90. The van der Waals surface area contributed by atoms with Gasteiger partial charge in [0.1, 0.15) is 6.04 Å². The molecule has 1 aliphatic heterocycles. The number of carbonyl (C=O) groups is 3. The van der Waals surface area contributed by atoms with Crippen LogP contribution < -0.4 is 5.32 Å². The monoisotopic (exact) mass is 464 g/mol. The highest BCUT2D eigenvalue weighted by Gasteiger charge is 2.63. The van der Waals surface area contributed by atoms with Gasteiger partial charge in [0, 0.05) is 17.5 Å². The molecule has 1 N–H and O–H groups in total. The lowest BCUT2D eigenvalue weighted by Crippen LogP contribution is -2.48. The van der Waals surface area contributed by atoms with Crippen LogP contribution in [0.1, 0.15) is 54.4 Å². The summed E-state index contributed by atoms with van der Waals surface area (Å²) in [6.07, 6.45) is 0.421. The third-order valence-electron chi connectivity index (χ3n) is 7.83. The lowest BCUT2D eigenvalue weighted by Gasteiger charge is -2.45. The Morgan fingerprint density at radius 2 is 1.17 bits per heavy atom. The van der Waals surface area contributed by atoms with Gasteiger partial charge in [0.25, 0.3) is 0 Å². The first-order valence-electron chi connectivity index (χ1n) is 12.4. The Morgan fingerprint density at radius 1 is 0.743 bits per heavy atom. The van der Waals surface area contributed by atoms with E-state index in [1.54, 1.807) is 0 Å². The fraction of sp³-hybridized carbons (Fsp3) is 0.300. The quantitative estimate of drug-likeness (QED) is 0.545. The molecule has 3 aromatic rings. The maximum absolute atomic E-state index is 14.1. The summed E-state index contributed by atoms with van der Waals surface area (Å²) in [7, 11) is 0. The first-order valence-corrected chi connectivity index (χ1v) is 12.4. The second-order valence-electron chi connectivity index (χ2n) is 10.3. The Labute approximate surface area is 205 Å². The molecule has 1 saturated heterocycles. The third kappa shape index (κ3) is 3.25. The van der Waals surface area contributed by atoms with Crippen molar-refractivity contribution < 1.29 is 14.4 Å². The summed E-state index contributed by atoms with van der Waals surface area (Å²) in [6.45, 7) is 4.02. The minimum absolute atomic E-state index is 0.135. The Morgan fingerprint density at radius 3 is 1.60 bits per heavy atom. The highest BCUT2D eigenvalue weighted by molar-refractivity contribution is 6.11. The molecule has 35 heavy (non-hydrogen) atoms. The Kier molecular flexibility index (Phi) is 5.10. The van der Waals surface area contributed by atoms with Crippen LogP contribution in [-0.2, 0) is 14.4 Å². The molecule has 176 valence electrons. The highest BCUT2D eigenvalue weighted by atomic mass is 16.2. The van der Waals surface area contributed by atoms with Gasteiger partial charge >= 0.3 is 0 Å². The van der Waals surface area contributed by atoms with Crippen LogP contribution in [0.4, 0.5) is 5.69 Å². The number of carbonyl (C=O) groups excluding carboxylic acids is 3. The molecular formula is C30H28N2O3. The number of hydrogen-bond acceptors (Lipinski definition) is 3. The molecule has 5 nitrogen and oxygen atoms in total. The molecule has 3 amide bonds. The number of amides is 3. The van der Waals surface area contributed by atoms with Crippen molar-refractivity contribution in [3.8, 4) is 0 Å². The minimum Gasteiger partial charge on any atom is -0.324 e. The summed E-state index contributed by atoms with van der Waals surface area (Å²) < 4.78 is 0. The number of anilines is 1. The molecule has 0 saturated carbocycles. The van der Waals surface area contributed by atoms with Gasteiger partial charge in [-0.3, -0.25) is 19.3 Å². The van der Waals surface area contributed by atoms with E-state index in [0.717, 1.165) is 22.3 Å². The summed E-state index contributed by atoms with van der Waals surface area (Å²) in [5.41, 5.74) is 5.19. The van der Waals surface area contributed by atoms with Gasteiger partial charge in [-0.2, -0.15) is 0 Å². The van der Waals surface area contributed by atoms with Crippen LogP contribution in [0.15, 0.2) is 78.9 Å². The number of rotatable bonds is 5. The molecule has 0 radical (unpaired) electrons. The van der Waals surface area contributed by atoms with Crippen molar-refractivity contribution in [1.82, 2.24) is 4.90 Å². The molecule has 3 aliphatic carbocycles. The van der Waals surface area contributed by atoms with Crippen molar-refractivity contribution in [2.45, 2.75) is 38.1 Å². The number of hydrogen-bond donors (Lipinski definition) is 1. The number of nitrogens with zero attached hydrogens (tertiary/aromatic N) is 1. The van der Waals surface area contributed by atoms with Crippen molar-refractivity contribution in [1.29, 1.82) is 0 Å². The van der Waals surface area contributed by atoms with Gasteiger partial charge in [0.15, 0.2) is 0 Å². The van der Waals surface area contributed by atoms with Gasteiger partial charge in [-0.25, -0.2) is 0 Å². The molecule has 2 bridgehead atoms. The number of para-hydroxylation sites is 1. The smallest absolute Gasteiger partial charge is 0.247 e. The SMILES string of the molecule is CC(C)CC(C(=O)Nc1ccccc1)N1C(=O)C2C3c4ccccc4C(c4ccccc43)C2C1=O. The third-order valence-corrected chi connectivity index (χ3v) is 7.83. The van der Waals surface area contributed by atoms with Crippen molar-refractivity contribution in [3.63, 3.8) is 0 Å². The van der Waals surface area contributed by atoms with E-state index < -0.39 is 17.9 Å². The largest absolute Gasteiger partial charge is 0.324 e. The Bertz CT molecular complexity index is 1220. The lowest BCUT2D eigenvalue weighted by molar-refractivity contribution is -0.147. The average molecular weight is 465 g/mol. The average Bonchev–Trinajstić information content (AvgIpc) is 3.13. The molecular weight excluding hydrogens is 436 g/mol. The van der Waals surface area contributed by atoms with Crippen LogP contribution in [0.2, 0.25) is 0 Å². The first kappa shape index (κ1) is 21.8. The van der Waals surface area contributed by atoms with Crippen LogP contribution in [0.5, 0.6) is 0 Å². The van der Waals surface area contributed by atoms with Gasteiger partial charge < -0.3 is 5.32 Å². The van der Waals surface area contributed by atoms with Crippen LogP contribution in [0.3, 0.4) is 0 Å². The summed E-state index contributed by atoms with van der Waals surface area (Å²) in [6, 6.07) is 24.7. The molecule has 7 rings (SSSR count). The predicted octanol–water partition coefficient (Wildman–Crippen LogP) is 4.93. The zero-order chi connectivity index (χ0) is 24.3. The van der Waals surface area contributed by atoms with Crippen LogP contribution >= 0.6 is 0 Å². The standard InChI is InChI=1S/C30H28N2O3/c1-17(2)16-23(28(33)31-18-10-4-3-5-11-18)32-29(34)26-24-19-12-6-7-13-20(19)25(27(26)30(32)35)22-15-9-8-14-21(22)24/h3-15,17,23-27H,16H2,1-2H3,(H,31,33). The Balaban J connectivity index is 1.42. The van der Waals surface area contributed by atoms with E-state index in [4.69, 9.17) is 0 Å². The fourth-order valence-electron chi connectivity index (χ4n) is 6.53. The zero-order valence-electron chi connectivity index (χ0n) is 19.8. The normalized spacial score (nSPS) is 24.7. The van der Waals surface area contributed by atoms with Crippen molar-refractivity contribution in [2.24, 2.45) is 17.8 Å². The maximum atomic E-state index is 14.1. The van der Waals surface area contributed by atoms with Crippen LogP contribution in [-0.4, -0.2) is 28.7 Å². The Hall–Kier alpha value is -3.73. The number of imide groups is 1. The number of nitrogens with one attached hydrogen (secondary N) is 1. The van der Waals surface area contributed by atoms with E-state index in [0.29, 0.717) is 12.1 Å². The van der Waals surface area contributed by atoms with E-state index in [2.05, 4.69) is 29.6 Å². The second kappa shape index (κ2) is 8.19. The minimum atomic E-state index is -0.841. The van der Waals surface area contributed by atoms with Gasteiger partial charge in [-0.15, -0.1) is 0 Å². The number of benzene rings is 3. The highest BCUT2D eigenvalue weighted by Crippen LogP contribution is 2.61. The van der Waals surface area contributed by atoms with Gasteiger partial charge in [0.05, 0.1) is 11.8 Å². The molecule has 5 heteroatoms. The summed E-state index contributed by atoms with van der Waals surface area (Å²) >= 11 is 0. The molecule has 0 spiro atoms. The van der Waals surface area contributed by atoms with Crippen molar-refractivity contribution in [3.05, 3.63) is 101 Å². The second-order valence-corrected chi connectivity index (χ2v) is 10.3. The molecule has 0 aromatic heterocycles. The predicted molar refractivity (Wildman–Crippen MR) is 134 cm³/mol. The van der Waals surface area contributed by atoms with Gasteiger partial charge in [-0.1, -0.05) is 80.6 Å². The summed E-state index contributed by atoms with van der Waals surface area (Å²) in [4.78, 5) is 42.9. The van der Waals surface area contributed by atoms with Crippen LogP contribution in [0, 0.1) is 17.8 Å². The first-order chi connectivity index (χ1) is 17.0. The molecule has 1 fully saturated rings. The van der Waals surface area contributed by atoms with E-state index in [1.807, 2.05) is 68.4 Å². The fourth-order valence-corrected chi connectivity index (χ4v) is 6.53. The molecule has 4 aliphatic rings. The molecule has 3 atom stereocenters. The molecule has 3 unspecified atom stereocenters. The van der Waals surface area contributed by atoms with E-state index >= 15 is 0 Å². The molecule has 1 heterocycles. The maximum Gasteiger partial charge on any atom is 0.247 e. The van der Waals surface area contributed by atoms with E-state index in [-0.39, 0.29) is 35.5 Å². The lowest BCUT2D eigenvalue weighted by atomic mass is 9.55. The summed E-state index contributed by atoms with van der Waals surface area (Å²) in [5, 5.41) is 2.93.